The molecule has 4 rings (SSSR count). The molecule has 0 spiro atoms. The fourth-order valence-electron chi connectivity index (χ4n) is 4.00. The predicted octanol–water partition coefficient (Wildman–Crippen LogP) is 9.99. The number of fused-ring (bicyclic) bond motifs is 1. The summed E-state index contributed by atoms with van der Waals surface area (Å²) < 4.78 is 5.52. The van der Waals surface area contributed by atoms with E-state index in [1.807, 2.05) is 63.2 Å². The van der Waals surface area contributed by atoms with Crippen LogP contribution in [0.4, 0.5) is 0 Å². The van der Waals surface area contributed by atoms with Gasteiger partial charge in [0.15, 0.2) is 0 Å². The summed E-state index contributed by atoms with van der Waals surface area (Å²) in [6.45, 7) is 23.6. The SMILES string of the molecule is C=C1[C@H](CC)C1(N)CNC(=O)/C=C/c1ccccc1.CC.CCCC.CCCC(C)C.Cc1nsc2ccccc12. The van der Waals surface area contributed by atoms with E-state index in [1.54, 1.807) is 17.6 Å². The number of aromatic nitrogens is 1. The Hall–Kier alpha value is -2.76. The monoisotopic (exact) mass is 579 g/mol. The predicted molar refractivity (Wildman–Crippen MR) is 184 cm³/mol. The lowest BCUT2D eigenvalue weighted by molar-refractivity contribution is -0.116. The standard InChI is InChI=1S/C16H20N2O.C8H7NS.C6H14.C4H10.C2H6/c1-3-14-12(2)16(14,17)11-18-15(19)10-9-13-7-5-4-6-8-13;1-6-7-4-2-3-5-8(7)10-9-6;1-4-5-6(2)3;1-3-4-2;1-2/h4-10,14H,2-3,11,17H2,1H3,(H,18,19);2-5H,1H3;6H,4-5H2,1-3H3;3-4H2,1-2H3;1-2H3/b10-9+;;;;/t14-,16?;;;;/m0..../s1. The van der Waals surface area contributed by atoms with Crippen LogP contribution < -0.4 is 11.1 Å². The number of nitrogens with zero attached hydrogens (tertiary/aromatic N) is 1. The molecule has 3 aromatic rings. The molecule has 1 saturated carbocycles. The van der Waals surface area contributed by atoms with Crippen molar-refractivity contribution in [3.05, 3.63) is 84.1 Å². The first-order chi connectivity index (χ1) is 19.6. The second kappa shape index (κ2) is 21.9. The van der Waals surface area contributed by atoms with Crippen molar-refractivity contribution in [3.8, 4) is 0 Å². The number of carbonyl (C=O) groups excluding carboxylic acids is 1. The molecule has 0 saturated heterocycles. The highest BCUT2D eigenvalue weighted by atomic mass is 32.1. The third-order valence-electron chi connectivity index (χ3n) is 6.67. The smallest absolute Gasteiger partial charge is 0.244 e. The summed E-state index contributed by atoms with van der Waals surface area (Å²) >= 11 is 1.56. The van der Waals surface area contributed by atoms with Gasteiger partial charge in [-0.1, -0.05) is 136 Å². The van der Waals surface area contributed by atoms with Gasteiger partial charge in [-0.2, -0.15) is 4.37 Å². The van der Waals surface area contributed by atoms with Gasteiger partial charge in [0.05, 0.1) is 15.9 Å². The number of aryl methyl sites for hydroxylation is 1. The number of amides is 1. The topological polar surface area (TPSA) is 68.0 Å². The zero-order chi connectivity index (χ0) is 31.3. The number of nitrogens with two attached hydrogens (primary N) is 1. The van der Waals surface area contributed by atoms with Crippen molar-refractivity contribution in [1.29, 1.82) is 0 Å². The number of rotatable bonds is 8. The molecule has 1 aliphatic carbocycles. The first kappa shape index (κ1) is 38.2. The lowest BCUT2D eigenvalue weighted by Crippen LogP contribution is -2.40. The Morgan fingerprint density at radius 3 is 2.07 bits per heavy atom. The maximum Gasteiger partial charge on any atom is 0.244 e. The molecule has 0 bridgehead atoms. The minimum Gasteiger partial charge on any atom is -0.350 e. The van der Waals surface area contributed by atoms with Gasteiger partial charge in [-0.05, 0) is 54.1 Å². The maximum atomic E-state index is 11.7. The van der Waals surface area contributed by atoms with E-state index in [9.17, 15) is 4.79 Å². The molecule has 2 atom stereocenters. The molecule has 228 valence electrons. The molecule has 1 aliphatic rings. The van der Waals surface area contributed by atoms with Crippen LogP contribution in [-0.2, 0) is 4.79 Å². The first-order valence-electron chi connectivity index (χ1n) is 15.4. The Morgan fingerprint density at radius 2 is 1.61 bits per heavy atom. The average molecular weight is 580 g/mol. The molecule has 4 nitrogen and oxygen atoms in total. The number of carbonyl (C=O) groups is 1. The number of hydrogen-bond acceptors (Lipinski definition) is 4. The van der Waals surface area contributed by atoms with Crippen LogP contribution in [0.3, 0.4) is 0 Å². The summed E-state index contributed by atoms with van der Waals surface area (Å²) in [5.74, 6) is 1.11. The molecular formula is C36H57N3OS. The van der Waals surface area contributed by atoms with E-state index in [0.29, 0.717) is 12.5 Å². The fourth-order valence-corrected chi connectivity index (χ4v) is 4.79. The molecular weight excluding hydrogens is 522 g/mol. The third kappa shape index (κ3) is 14.6. The van der Waals surface area contributed by atoms with Gasteiger partial charge in [0, 0.05) is 23.9 Å². The van der Waals surface area contributed by atoms with Crippen LogP contribution in [-0.4, -0.2) is 22.4 Å². The van der Waals surface area contributed by atoms with Crippen LogP contribution >= 0.6 is 11.5 Å². The zero-order valence-electron chi connectivity index (χ0n) is 27.3. The van der Waals surface area contributed by atoms with Crippen LogP contribution in [0.2, 0.25) is 0 Å². The van der Waals surface area contributed by atoms with Gasteiger partial charge in [-0.25, -0.2) is 0 Å². The Balaban J connectivity index is 0.000000605. The average Bonchev–Trinajstić information content (AvgIpc) is 3.30. The molecule has 5 heteroatoms. The molecule has 1 heterocycles. The lowest BCUT2D eigenvalue weighted by atomic mass is 10.1. The van der Waals surface area contributed by atoms with Crippen LogP contribution in [0.15, 0.2) is 72.8 Å². The van der Waals surface area contributed by atoms with Crippen molar-refractivity contribution in [1.82, 2.24) is 9.69 Å². The van der Waals surface area contributed by atoms with Crippen LogP contribution in [0.5, 0.6) is 0 Å². The Labute approximate surface area is 255 Å². The summed E-state index contributed by atoms with van der Waals surface area (Å²) in [5, 5.41) is 4.12. The molecule has 0 radical (unpaired) electrons. The maximum absolute atomic E-state index is 11.7. The summed E-state index contributed by atoms with van der Waals surface area (Å²) in [7, 11) is 0. The normalized spacial score (nSPS) is 16.8. The van der Waals surface area contributed by atoms with Gasteiger partial charge >= 0.3 is 0 Å². The van der Waals surface area contributed by atoms with E-state index >= 15 is 0 Å². The number of nitrogens with one attached hydrogen (secondary N) is 1. The number of benzene rings is 2. The Morgan fingerprint density at radius 1 is 1.02 bits per heavy atom. The quantitative estimate of drug-likeness (QED) is 0.206. The Kier molecular flexibility index (Phi) is 20.4. The highest BCUT2D eigenvalue weighted by Crippen LogP contribution is 2.48. The van der Waals surface area contributed by atoms with Gasteiger partial charge in [0.1, 0.15) is 0 Å². The van der Waals surface area contributed by atoms with Gasteiger partial charge in [0.25, 0.3) is 0 Å². The zero-order valence-corrected chi connectivity index (χ0v) is 28.1. The second-order valence-corrected chi connectivity index (χ2v) is 11.2. The fraction of sp³-hybridized carbons (Fsp3) is 0.500. The van der Waals surface area contributed by atoms with Crippen molar-refractivity contribution in [2.75, 3.05) is 6.54 Å². The third-order valence-corrected chi connectivity index (χ3v) is 7.59. The summed E-state index contributed by atoms with van der Waals surface area (Å²) in [6.07, 6.45) is 9.64. The molecule has 2 aromatic carbocycles. The summed E-state index contributed by atoms with van der Waals surface area (Å²) in [4.78, 5) is 11.7. The van der Waals surface area contributed by atoms with Gasteiger partial charge in [0.2, 0.25) is 5.91 Å². The Bertz CT molecular complexity index is 1130. The largest absolute Gasteiger partial charge is 0.350 e. The molecule has 0 aliphatic heterocycles. The van der Waals surface area contributed by atoms with E-state index in [2.05, 4.69) is 69.9 Å². The van der Waals surface area contributed by atoms with Crippen molar-refractivity contribution in [3.63, 3.8) is 0 Å². The number of unbranched alkanes of at least 4 members (excludes halogenated alkanes) is 1. The van der Waals surface area contributed by atoms with Crippen molar-refractivity contribution in [2.24, 2.45) is 17.6 Å². The van der Waals surface area contributed by atoms with Crippen molar-refractivity contribution < 1.29 is 4.79 Å². The molecule has 41 heavy (non-hydrogen) atoms. The highest BCUT2D eigenvalue weighted by molar-refractivity contribution is 7.13. The van der Waals surface area contributed by atoms with Crippen molar-refractivity contribution in [2.45, 2.75) is 100.0 Å². The van der Waals surface area contributed by atoms with Crippen LogP contribution in [0.25, 0.3) is 16.2 Å². The highest BCUT2D eigenvalue weighted by Gasteiger charge is 2.54. The lowest BCUT2D eigenvalue weighted by Gasteiger charge is -2.10. The molecule has 3 N–H and O–H groups in total. The van der Waals surface area contributed by atoms with E-state index in [4.69, 9.17) is 5.73 Å². The minimum atomic E-state index is -0.398. The van der Waals surface area contributed by atoms with Crippen LogP contribution in [0, 0.1) is 18.8 Å². The first-order valence-corrected chi connectivity index (χ1v) is 16.2. The van der Waals surface area contributed by atoms with Crippen molar-refractivity contribution >= 4 is 33.6 Å². The molecule has 1 aromatic heterocycles. The van der Waals surface area contributed by atoms with Gasteiger partial charge in [-0.3, -0.25) is 4.79 Å². The minimum absolute atomic E-state index is 0.122. The molecule has 1 unspecified atom stereocenters. The van der Waals surface area contributed by atoms with Crippen LogP contribution in [0.1, 0.15) is 98.8 Å². The van der Waals surface area contributed by atoms with E-state index in [-0.39, 0.29) is 5.91 Å². The van der Waals surface area contributed by atoms with E-state index in [1.165, 1.54) is 41.8 Å². The van der Waals surface area contributed by atoms with Gasteiger partial charge < -0.3 is 11.1 Å². The van der Waals surface area contributed by atoms with Gasteiger partial charge in [-0.15, -0.1) is 0 Å². The van der Waals surface area contributed by atoms with E-state index in [0.717, 1.165) is 29.2 Å². The summed E-state index contributed by atoms with van der Waals surface area (Å²) in [5.41, 5.74) is 8.95. The summed E-state index contributed by atoms with van der Waals surface area (Å²) in [6, 6.07) is 18.0. The van der Waals surface area contributed by atoms with E-state index < -0.39 is 5.54 Å². The number of hydrogen-bond donors (Lipinski definition) is 2. The molecule has 1 amide bonds. The molecule has 1 fully saturated rings. The second-order valence-electron chi connectivity index (χ2n) is 10.4.